The summed E-state index contributed by atoms with van der Waals surface area (Å²) >= 11 is 0. The minimum absolute atomic E-state index is 0.205. The number of hydrogen-bond donors (Lipinski definition) is 1. The Hall–Kier alpha value is -2.17. The van der Waals surface area contributed by atoms with Crippen LogP contribution < -0.4 is 10.3 Å². The van der Waals surface area contributed by atoms with Crippen LogP contribution in [0.2, 0.25) is 0 Å². The van der Waals surface area contributed by atoms with E-state index in [0.717, 1.165) is 0 Å². The van der Waals surface area contributed by atoms with Crippen molar-refractivity contribution in [1.82, 2.24) is 15.0 Å². The minimum Gasteiger partial charge on any atom is -0.478 e. The number of aromatic nitrogens is 3. The largest absolute Gasteiger partial charge is 0.478 e. The van der Waals surface area contributed by atoms with Crippen LogP contribution in [0.4, 0.5) is 0 Å². The van der Waals surface area contributed by atoms with E-state index in [-0.39, 0.29) is 5.56 Å². The molecule has 0 spiro atoms. The summed E-state index contributed by atoms with van der Waals surface area (Å²) in [4.78, 5) is 22.1. The van der Waals surface area contributed by atoms with Crippen LogP contribution in [0.5, 0.6) is 5.88 Å². The maximum Gasteiger partial charge on any atom is 0.258 e. The first-order chi connectivity index (χ1) is 7.83. The standard InChI is InChI=1S/C11H11N3O2/c1-2-16-11-8(4-3-5-13-11)9-6-12-7-14-10(9)15/h3-7H,2H2,1H3,(H,12,14,15). The van der Waals surface area contributed by atoms with Crippen molar-refractivity contribution < 1.29 is 4.74 Å². The topological polar surface area (TPSA) is 67.9 Å². The first-order valence-corrected chi connectivity index (χ1v) is 4.93. The van der Waals surface area contributed by atoms with E-state index in [1.807, 2.05) is 6.92 Å². The summed E-state index contributed by atoms with van der Waals surface area (Å²) in [5, 5.41) is 0. The lowest BCUT2D eigenvalue weighted by Gasteiger charge is -2.07. The maximum atomic E-state index is 11.6. The highest BCUT2D eigenvalue weighted by Gasteiger charge is 2.09. The van der Waals surface area contributed by atoms with E-state index in [0.29, 0.717) is 23.6 Å². The van der Waals surface area contributed by atoms with Gasteiger partial charge in [-0.3, -0.25) is 4.79 Å². The molecule has 0 saturated carbocycles. The van der Waals surface area contributed by atoms with Crippen molar-refractivity contribution in [2.24, 2.45) is 0 Å². The van der Waals surface area contributed by atoms with Gasteiger partial charge in [-0.2, -0.15) is 0 Å². The summed E-state index contributed by atoms with van der Waals surface area (Å²) in [5.41, 5.74) is 0.904. The molecule has 2 heterocycles. The molecule has 0 fully saturated rings. The summed E-state index contributed by atoms with van der Waals surface area (Å²) in [5.74, 6) is 0.448. The van der Waals surface area contributed by atoms with Gasteiger partial charge in [0.25, 0.3) is 5.56 Å². The van der Waals surface area contributed by atoms with Gasteiger partial charge in [-0.25, -0.2) is 9.97 Å². The molecule has 0 aliphatic heterocycles. The van der Waals surface area contributed by atoms with Crippen molar-refractivity contribution in [1.29, 1.82) is 0 Å². The highest BCUT2D eigenvalue weighted by atomic mass is 16.5. The van der Waals surface area contributed by atoms with Gasteiger partial charge in [0.05, 0.1) is 24.1 Å². The van der Waals surface area contributed by atoms with Crippen LogP contribution in [0.15, 0.2) is 35.6 Å². The number of H-pyrrole nitrogens is 1. The van der Waals surface area contributed by atoms with E-state index >= 15 is 0 Å². The minimum atomic E-state index is -0.205. The number of nitrogens with zero attached hydrogens (tertiary/aromatic N) is 2. The first kappa shape index (κ1) is 10.4. The van der Waals surface area contributed by atoms with Crippen LogP contribution in [0.3, 0.4) is 0 Å². The van der Waals surface area contributed by atoms with Gasteiger partial charge in [-0.1, -0.05) is 0 Å². The number of ether oxygens (including phenoxy) is 1. The number of hydrogen-bond acceptors (Lipinski definition) is 4. The molecular weight excluding hydrogens is 206 g/mol. The van der Waals surface area contributed by atoms with E-state index in [1.165, 1.54) is 12.5 Å². The monoisotopic (exact) mass is 217 g/mol. The van der Waals surface area contributed by atoms with E-state index < -0.39 is 0 Å². The van der Waals surface area contributed by atoms with Gasteiger partial charge in [0, 0.05) is 12.4 Å². The van der Waals surface area contributed by atoms with Gasteiger partial charge in [0.15, 0.2) is 0 Å². The molecule has 0 aliphatic carbocycles. The maximum absolute atomic E-state index is 11.6. The third kappa shape index (κ3) is 1.93. The Bertz CT molecular complexity index is 537. The Morgan fingerprint density at radius 3 is 3.06 bits per heavy atom. The molecule has 1 N–H and O–H groups in total. The molecule has 5 nitrogen and oxygen atoms in total. The molecule has 0 radical (unpaired) electrons. The fourth-order valence-electron chi connectivity index (χ4n) is 1.38. The zero-order valence-electron chi connectivity index (χ0n) is 8.80. The SMILES string of the molecule is CCOc1ncccc1-c1cnc[nH]c1=O. The van der Waals surface area contributed by atoms with Crippen molar-refractivity contribution in [2.45, 2.75) is 6.92 Å². The number of aromatic amines is 1. The molecule has 0 aromatic carbocycles. The van der Waals surface area contributed by atoms with E-state index in [9.17, 15) is 4.79 Å². The summed E-state index contributed by atoms with van der Waals surface area (Å²) < 4.78 is 5.35. The van der Waals surface area contributed by atoms with Crippen molar-refractivity contribution >= 4 is 0 Å². The molecule has 0 bridgehead atoms. The quantitative estimate of drug-likeness (QED) is 0.839. The molecule has 0 amide bonds. The van der Waals surface area contributed by atoms with E-state index in [1.54, 1.807) is 18.3 Å². The highest BCUT2D eigenvalue weighted by Crippen LogP contribution is 2.23. The Morgan fingerprint density at radius 1 is 1.44 bits per heavy atom. The van der Waals surface area contributed by atoms with Crippen LogP contribution in [0.1, 0.15) is 6.92 Å². The highest BCUT2D eigenvalue weighted by molar-refractivity contribution is 5.66. The molecule has 5 heteroatoms. The molecule has 2 aromatic rings. The number of nitrogens with one attached hydrogen (secondary N) is 1. The molecule has 0 saturated heterocycles. The molecule has 16 heavy (non-hydrogen) atoms. The molecule has 0 aliphatic rings. The predicted octanol–water partition coefficient (Wildman–Crippen LogP) is 1.23. The van der Waals surface area contributed by atoms with Crippen molar-refractivity contribution in [3.05, 3.63) is 41.2 Å². The second kappa shape index (κ2) is 4.57. The van der Waals surface area contributed by atoms with Crippen molar-refractivity contribution in [3.63, 3.8) is 0 Å². The molecular formula is C11H11N3O2. The van der Waals surface area contributed by atoms with E-state index in [4.69, 9.17) is 4.74 Å². The van der Waals surface area contributed by atoms with Crippen LogP contribution in [-0.4, -0.2) is 21.6 Å². The average Bonchev–Trinajstić information content (AvgIpc) is 2.31. The summed E-state index contributed by atoms with van der Waals surface area (Å²) in [6.07, 6.45) is 4.47. The van der Waals surface area contributed by atoms with Crippen LogP contribution >= 0.6 is 0 Å². The smallest absolute Gasteiger partial charge is 0.258 e. The van der Waals surface area contributed by atoms with Gasteiger partial charge in [-0.15, -0.1) is 0 Å². The lowest BCUT2D eigenvalue weighted by molar-refractivity contribution is 0.328. The summed E-state index contributed by atoms with van der Waals surface area (Å²) in [7, 11) is 0. The zero-order valence-corrected chi connectivity index (χ0v) is 8.80. The Labute approximate surface area is 92.2 Å². The number of pyridine rings is 1. The molecule has 0 unspecified atom stereocenters. The Morgan fingerprint density at radius 2 is 2.31 bits per heavy atom. The van der Waals surface area contributed by atoms with Crippen molar-refractivity contribution in [3.8, 4) is 17.0 Å². The van der Waals surface area contributed by atoms with Gasteiger partial charge < -0.3 is 9.72 Å². The number of rotatable bonds is 3. The Kier molecular flexibility index (Phi) is 2.95. The van der Waals surface area contributed by atoms with Crippen LogP contribution in [0.25, 0.3) is 11.1 Å². The average molecular weight is 217 g/mol. The summed E-state index contributed by atoms with van der Waals surface area (Å²) in [6, 6.07) is 3.54. The second-order valence-electron chi connectivity index (χ2n) is 3.08. The fourth-order valence-corrected chi connectivity index (χ4v) is 1.38. The van der Waals surface area contributed by atoms with Crippen LogP contribution in [-0.2, 0) is 0 Å². The third-order valence-electron chi connectivity index (χ3n) is 2.06. The third-order valence-corrected chi connectivity index (χ3v) is 2.06. The van der Waals surface area contributed by atoms with Crippen LogP contribution in [0, 0.1) is 0 Å². The molecule has 82 valence electrons. The Balaban J connectivity index is 2.56. The lowest BCUT2D eigenvalue weighted by atomic mass is 10.1. The first-order valence-electron chi connectivity index (χ1n) is 4.93. The van der Waals surface area contributed by atoms with Crippen molar-refractivity contribution in [2.75, 3.05) is 6.61 Å². The molecule has 2 aromatic heterocycles. The van der Waals surface area contributed by atoms with E-state index in [2.05, 4.69) is 15.0 Å². The molecule has 2 rings (SSSR count). The summed E-state index contributed by atoms with van der Waals surface area (Å²) in [6.45, 7) is 2.37. The predicted molar refractivity (Wildman–Crippen MR) is 59.3 cm³/mol. The van der Waals surface area contributed by atoms with Gasteiger partial charge in [0.1, 0.15) is 0 Å². The van der Waals surface area contributed by atoms with Gasteiger partial charge >= 0.3 is 0 Å². The zero-order chi connectivity index (χ0) is 11.4. The fraction of sp³-hybridized carbons (Fsp3) is 0.182. The second-order valence-corrected chi connectivity index (χ2v) is 3.08. The molecule has 0 atom stereocenters. The van der Waals surface area contributed by atoms with Gasteiger partial charge in [0.2, 0.25) is 5.88 Å². The normalized spacial score (nSPS) is 10.1. The van der Waals surface area contributed by atoms with Gasteiger partial charge in [-0.05, 0) is 19.1 Å². The lowest BCUT2D eigenvalue weighted by Crippen LogP contribution is -2.09.